The van der Waals surface area contributed by atoms with E-state index in [1.165, 1.54) is 10.9 Å². The van der Waals surface area contributed by atoms with Crippen molar-refractivity contribution in [3.05, 3.63) is 30.0 Å². The van der Waals surface area contributed by atoms with Crippen LogP contribution in [0.1, 0.15) is 25.8 Å². The Balaban J connectivity index is 2.14. The van der Waals surface area contributed by atoms with Crippen molar-refractivity contribution in [2.24, 2.45) is 0 Å². The zero-order valence-electron chi connectivity index (χ0n) is 12.4. The minimum atomic E-state index is -0.208. The van der Waals surface area contributed by atoms with Crippen LogP contribution in [0.3, 0.4) is 0 Å². The van der Waals surface area contributed by atoms with Gasteiger partial charge in [0, 0.05) is 36.1 Å². The highest BCUT2D eigenvalue weighted by molar-refractivity contribution is 5.85. The first kappa shape index (κ1) is 14.6. The molecule has 0 fully saturated rings. The van der Waals surface area contributed by atoms with E-state index in [0.29, 0.717) is 12.2 Å². The van der Waals surface area contributed by atoms with Gasteiger partial charge in [-0.2, -0.15) is 0 Å². The number of aromatic nitrogens is 1. The molecule has 108 valence electrons. The second kappa shape index (κ2) is 6.57. The van der Waals surface area contributed by atoms with Crippen LogP contribution in [0, 0.1) is 0 Å². The van der Waals surface area contributed by atoms with Gasteiger partial charge in [-0.1, -0.05) is 13.8 Å². The van der Waals surface area contributed by atoms with Crippen LogP contribution in [-0.2, 0) is 11.2 Å². The molecule has 1 aromatic heterocycles. The lowest BCUT2D eigenvalue weighted by Gasteiger charge is -2.12. The van der Waals surface area contributed by atoms with Crippen molar-refractivity contribution in [3.8, 4) is 5.75 Å². The molecule has 2 aromatic rings. The topological polar surface area (TPSA) is 45.3 Å². The maximum atomic E-state index is 11.3. The molecule has 0 saturated heterocycles. The smallest absolute Gasteiger partial charge is 0.310 e. The largest absolute Gasteiger partial charge is 0.426 e. The van der Waals surface area contributed by atoms with Crippen LogP contribution in [0.25, 0.3) is 10.9 Å². The van der Waals surface area contributed by atoms with Crippen molar-refractivity contribution >= 4 is 16.9 Å². The Bertz CT molecular complexity index is 589. The molecule has 0 unspecified atom stereocenters. The molecule has 0 spiro atoms. The molecule has 4 nitrogen and oxygen atoms in total. The number of ether oxygens (including phenoxy) is 1. The number of aromatic amines is 1. The quantitative estimate of drug-likeness (QED) is 0.650. The lowest BCUT2D eigenvalue weighted by Crippen LogP contribution is -2.20. The Hall–Kier alpha value is -1.81. The summed E-state index contributed by atoms with van der Waals surface area (Å²) in [7, 11) is 2.12. The molecule has 0 amide bonds. The van der Waals surface area contributed by atoms with E-state index in [2.05, 4.69) is 23.9 Å². The Morgan fingerprint density at radius 3 is 2.85 bits per heavy atom. The van der Waals surface area contributed by atoms with Crippen LogP contribution >= 0.6 is 0 Å². The third kappa shape index (κ3) is 3.39. The third-order valence-electron chi connectivity index (χ3n) is 3.56. The van der Waals surface area contributed by atoms with E-state index in [1.807, 2.05) is 24.4 Å². The molecular weight excluding hydrogens is 252 g/mol. The number of benzene rings is 1. The number of likely N-dealkylation sites (N-methyl/N-ethyl adjacent to an activating group) is 1. The van der Waals surface area contributed by atoms with Gasteiger partial charge < -0.3 is 14.6 Å². The van der Waals surface area contributed by atoms with Crippen LogP contribution in [0.4, 0.5) is 0 Å². The van der Waals surface area contributed by atoms with Gasteiger partial charge in [-0.05, 0) is 37.7 Å². The molecule has 1 heterocycles. The number of fused-ring (bicyclic) bond motifs is 1. The summed E-state index contributed by atoms with van der Waals surface area (Å²) in [4.78, 5) is 16.8. The summed E-state index contributed by atoms with van der Waals surface area (Å²) in [5, 5.41) is 1.20. The average Bonchev–Trinajstić information content (AvgIpc) is 2.86. The normalized spacial score (nSPS) is 11.2. The third-order valence-corrected chi connectivity index (χ3v) is 3.56. The Morgan fingerprint density at radius 1 is 1.35 bits per heavy atom. The maximum Gasteiger partial charge on any atom is 0.310 e. The number of rotatable bonds is 6. The minimum Gasteiger partial charge on any atom is -0.426 e. The van der Waals surface area contributed by atoms with E-state index in [4.69, 9.17) is 4.74 Å². The zero-order chi connectivity index (χ0) is 14.5. The van der Waals surface area contributed by atoms with Gasteiger partial charge in [0.1, 0.15) is 5.75 Å². The van der Waals surface area contributed by atoms with Crippen LogP contribution in [0.5, 0.6) is 5.75 Å². The molecular formula is C16H22N2O2. The number of esters is 1. The van der Waals surface area contributed by atoms with Gasteiger partial charge in [-0.25, -0.2) is 0 Å². The van der Waals surface area contributed by atoms with Crippen molar-refractivity contribution in [3.63, 3.8) is 0 Å². The Kier molecular flexibility index (Phi) is 4.79. The monoisotopic (exact) mass is 274 g/mol. The highest BCUT2D eigenvalue weighted by atomic mass is 16.5. The number of hydrogen-bond acceptors (Lipinski definition) is 3. The van der Waals surface area contributed by atoms with Crippen molar-refractivity contribution in [1.82, 2.24) is 9.88 Å². The molecule has 4 heteroatoms. The SMILES string of the molecule is CCC(=O)Oc1ccc2c(CCN(C)CC)c[nH]c2c1. The van der Waals surface area contributed by atoms with E-state index in [0.717, 1.165) is 25.0 Å². The van der Waals surface area contributed by atoms with Gasteiger partial charge in [0.15, 0.2) is 0 Å². The number of hydrogen-bond donors (Lipinski definition) is 1. The predicted molar refractivity (Wildman–Crippen MR) is 81.1 cm³/mol. The molecule has 0 aliphatic rings. The van der Waals surface area contributed by atoms with Gasteiger partial charge in [0.2, 0.25) is 0 Å². The molecule has 1 N–H and O–H groups in total. The van der Waals surface area contributed by atoms with E-state index >= 15 is 0 Å². The first-order chi connectivity index (χ1) is 9.63. The van der Waals surface area contributed by atoms with E-state index < -0.39 is 0 Å². The van der Waals surface area contributed by atoms with Gasteiger partial charge in [0.25, 0.3) is 0 Å². The second-order valence-corrected chi connectivity index (χ2v) is 4.99. The Morgan fingerprint density at radius 2 is 2.15 bits per heavy atom. The van der Waals surface area contributed by atoms with Gasteiger partial charge in [0.05, 0.1) is 0 Å². The molecule has 20 heavy (non-hydrogen) atoms. The van der Waals surface area contributed by atoms with Gasteiger partial charge >= 0.3 is 5.97 Å². The lowest BCUT2D eigenvalue weighted by atomic mass is 10.1. The number of H-pyrrole nitrogens is 1. The number of carbonyl (C=O) groups is 1. The van der Waals surface area contributed by atoms with Crippen LogP contribution in [-0.4, -0.2) is 36.0 Å². The van der Waals surface area contributed by atoms with Gasteiger partial charge in [-0.15, -0.1) is 0 Å². The minimum absolute atomic E-state index is 0.208. The molecule has 0 aliphatic carbocycles. The standard InChI is InChI=1S/C16H22N2O2/c1-4-16(19)20-13-6-7-14-12(8-9-18(3)5-2)11-17-15(14)10-13/h6-7,10-11,17H,4-5,8-9H2,1-3H3. The molecule has 1 aromatic carbocycles. The zero-order valence-corrected chi connectivity index (χ0v) is 12.4. The highest BCUT2D eigenvalue weighted by Crippen LogP contribution is 2.24. The van der Waals surface area contributed by atoms with Crippen LogP contribution < -0.4 is 4.74 Å². The van der Waals surface area contributed by atoms with E-state index in [9.17, 15) is 4.79 Å². The fraction of sp³-hybridized carbons (Fsp3) is 0.438. The van der Waals surface area contributed by atoms with E-state index in [1.54, 1.807) is 6.92 Å². The summed E-state index contributed by atoms with van der Waals surface area (Å²) in [5.41, 5.74) is 2.31. The maximum absolute atomic E-state index is 11.3. The first-order valence-corrected chi connectivity index (χ1v) is 7.13. The summed E-state index contributed by atoms with van der Waals surface area (Å²) in [6.07, 6.45) is 3.44. The number of nitrogens with one attached hydrogen (secondary N) is 1. The Labute approximate surface area is 119 Å². The summed E-state index contributed by atoms with van der Waals surface area (Å²) in [6.45, 7) is 6.04. The molecule has 0 saturated carbocycles. The highest BCUT2D eigenvalue weighted by Gasteiger charge is 2.07. The number of nitrogens with zero attached hydrogens (tertiary/aromatic N) is 1. The van der Waals surface area contributed by atoms with Crippen LogP contribution in [0.15, 0.2) is 24.4 Å². The number of carbonyl (C=O) groups excluding carboxylic acids is 1. The van der Waals surface area contributed by atoms with Crippen molar-refractivity contribution in [2.45, 2.75) is 26.7 Å². The summed E-state index contributed by atoms with van der Waals surface area (Å²) in [6, 6.07) is 5.76. The summed E-state index contributed by atoms with van der Waals surface area (Å²) in [5.74, 6) is 0.393. The fourth-order valence-electron chi connectivity index (χ4n) is 2.11. The van der Waals surface area contributed by atoms with Crippen molar-refractivity contribution < 1.29 is 9.53 Å². The van der Waals surface area contributed by atoms with Crippen LogP contribution in [0.2, 0.25) is 0 Å². The van der Waals surface area contributed by atoms with E-state index in [-0.39, 0.29) is 5.97 Å². The average molecular weight is 274 g/mol. The predicted octanol–water partition coefficient (Wildman–Crippen LogP) is 2.98. The first-order valence-electron chi connectivity index (χ1n) is 7.13. The summed E-state index contributed by atoms with van der Waals surface area (Å²) < 4.78 is 5.23. The molecule has 0 atom stereocenters. The lowest BCUT2D eigenvalue weighted by molar-refractivity contribution is -0.134. The molecule has 0 aliphatic heterocycles. The molecule has 0 radical (unpaired) electrons. The fourth-order valence-corrected chi connectivity index (χ4v) is 2.11. The van der Waals surface area contributed by atoms with Gasteiger partial charge in [-0.3, -0.25) is 4.79 Å². The second-order valence-electron chi connectivity index (χ2n) is 4.99. The molecule has 2 rings (SSSR count). The molecule has 0 bridgehead atoms. The van der Waals surface area contributed by atoms with Crippen molar-refractivity contribution in [2.75, 3.05) is 20.1 Å². The summed E-state index contributed by atoms with van der Waals surface area (Å²) >= 11 is 0. The van der Waals surface area contributed by atoms with Crippen molar-refractivity contribution in [1.29, 1.82) is 0 Å².